The largest absolute Gasteiger partial charge is 0.445 e. The molecule has 0 saturated carbocycles. The van der Waals surface area contributed by atoms with E-state index in [0.717, 1.165) is 26.7 Å². The second kappa shape index (κ2) is 9.41. The van der Waals surface area contributed by atoms with Crippen molar-refractivity contribution in [2.24, 2.45) is 5.73 Å². The van der Waals surface area contributed by atoms with Gasteiger partial charge < -0.3 is 15.0 Å². The van der Waals surface area contributed by atoms with Gasteiger partial charge in [-0.15, -0.1) is 0 Å². The van der Waals surface area contributed by atoms with Crippen LogP contribution in [-0.4, -0.2) is 10.1 Å². The molecule has 4 aromatic rings. The van der Waals surface area contributed by atoms with Gasteiger partial charge in [0.2, 0.25) is 5.82 Å². The van der Waals surface area contributed by atoms with Crippen LogP contribution < -0.4 is 5.73 Å². The summed E-state index contributed by atoms with van der Waals surface area (Å²) in [4.78, 5) is 6.71. The molecule has 1 aromatic heterocycles. The Morgan fingerprint density at radius 3 is 2.32 bits per heavy atom. The van der Waals surface area contributed by atoms with Crippen molar-refractivity contribution in [2.75, 3.05) is 0 Å². The predicted molar refractivity (Wildman–Crippen MR) is 136 cm³/mol. The summed E-state index contributed by atoms with van der Waals surface area (Å²) in [6.07, 6.45) is 0. The second-order valence-corrected chi connectivity index (χ2v) is 9.54. The van der Waals surface area contributed by atoms with Crippen molar-refractivity contribution in [3.05, 3.63) is 117 Å². The normalized spacial score (nSPS) is 16.0. The smallest absolute Gasteiger partial charge is 0.260 e. The zero-order chi connectivity index (χ0) is 23.7. The van der Waals surface area contributed by atoms with E-state index >= 15 is 0 Å². The molecule has 0 fully saturated rings. The molecule has 0 radical (unpaired) electrons. The molecule has 1 aliphatic rings. The summed E-state index contributed by atoms with van der Waals surface area (Å²) in [6.45, 7) is 3.99. The summed E-state index contributed by atoms with van der Waals surface area (Å²) in [5.74, 6) is 1.58. The average molecular weight is 488 g/mol. The van der Waals surface area contributed by atoms with Gasteiger partial charge in [0.25, 0.3) is 5.89 Å². The van der Waals surface area contributed by atoms with E-state index in [-0.39, 0.29) is 11.8 Å². The maximum absolute atomic E-state index is 6.45. The Morgan fingerprint density at radius 2 is 1.62 bits per heavy atom. The Kier molecular flexibility index (Phi) is 6.18. The van der Waals surface area contributed by atoms with Crippen LogP contribution in [0.15, 0.2) is 105 Å². The maximum atomic E-state index is 6.45. The molecule has 170 valence electrons. The zero-order valence-electron chi connectivity index (χ0n) is 18.7. The topological polar surface area (TPSA) is 74.2 Å². The van der Waals surface area contributed by atoms with Crippen molar-refractivity contribution in [2.45, 2.75) is 24.7 Å². The highest BCUT2D eigenvalue weighted by molar-refractivity contribution is 8.03. The van der Waals surface area contributed by atoms with E-state index in [2.05, 4.69) is 41.3 Å². The minimum atomic E-state index is -0.237. The van der Waals surface area contributed by atoms with E-state index in [4.69, 9.17) is 26.6 Å². The second-order valence-electron chi connectivity index (χ2n) is 7.99. The maximum Gasteiger partial charge on any atom is 0.260 e. The molecule has 2 N–H and O–H groups in total. The minimum absolute atomic E-state index is 0.237. The number of aromatic nitrogens is 2. The Hall–Kier alpha value is -3.48. The molecule has 1 atom stereocenters. The van der Waals surface area contributed by atoms with Crippen molar-refractivity contribution < 1.29 is 9.26 Å². The standard InChI is InChI=1S/C27H22ClN3O2S/c1-16-8-10-18(11-9-16)22-23(27-30-26(31-33-27)19-6-4-3-5-7-19)25(29)32-17(2)24(22)34-21-14-12-20(28)13-15-21/h3-15,22H,29H2,1-2H3. The van der Waals surface area contributed by atoms with Crippen molar-refractivity contribution >= 4 is 28.9 Å². The highest BCUT2D eigenvalue weighted by atomic mass is 35.5. The van der Waals surface area contributed by atoms with Crippen LogP contribution in [0.5, 0.6) is 0 Å². The van der Waals surface area contributed by atoms with Crippen LogP contribution in [0, 0.1) is 6.92 Å². The van der Waals surface area contributed by atoms with Gasteiger partial charge in [-0.2, -0.15) is 4.98 Å². The van der Waals surface area contributed by atoms with E-state index in [1.54, 1.807) is 11.8 Å². The summed E-state index contributed by atoms with van der Waals surface area (Å²) in [5.41, 5.74) is 10.2. The predicted octanol–water partition coefficient (Wildman–Crippen LogP) is 7.16. The van der Waals surface area contributed by atoms with Gasteiger partial charge in [-0.25, -0.2) is 0 Å². The lowest BCUT2D eigenvalue weighted by Crippen LogP contribution is -2.19. The molecule has 0 aliphatic carbocycles. The third-order valence-electron chi connectivity index (χ3n) is 5.57. The molecule has 7 heteroatoms. The van der Waals surface area contributed by atoms with Crippen LogP contribution in [0.3, 0.4) is 0 Å². The van der Waals surface area contributed by atoms with Gasteiger partial charge in [0.05, 0.1) is 11.5 Å². The third-order valence-corrected chi connectivity index (χ3v) is 7.07. The van der Waals surface area contributed by atoms with E-state index in [1.165, 1.54) is 5.56 Å². The minimum Gasteiger partial charge on any atom is -0.445 e. The molecule has 2 heterocycles. The van der Waals surface area contributed by atoms with E-state index in [1.807, 2.05) is 61.5 Å². The number of benzene rings is 3. The molecule has 1 aliphatic heterocycles. The number of ether oxygens (including phenoxy) is 1. The van der Waals surface area contributed by atoms with Crippen molar-refractivity contribution in [1.82, 2.24) is 10.1 Å². The van der Waals surface area contributed by atoms with Gasteiger partial charge in [-0.1, -0.05) is 88.7 Å². The SMILES string of the molecule is CC1=C(Sc2ccc(Cl)cc2)C(c2ccc(C)cc2)C(c2nc(-c3ccccc3)no2)=C(N)O1. The first kappa shape index (κ1) is 22.3. The quantitative estimate of drug-likeness (QED) is 0.322. The Morgan fingerprint density at radius 1 is 0.912 bits per heavy atom. The number of halogens is 1. The van der Waals surface area contributed by atoms with Crippen LogP contribution in [0.1, 0.15) is 29.9 Å². The van der Waals surface area contributed by atoms with Gasteiger partial charge in [0.15, 0.2) is 5.88 Å². The summed E-state index contributed by atoms with van der Waals surface area (Å²) in [5, 5.41) is 4.90. The van der Waals surface area contributed by atoms with E-state index in [0.29, 0.717) is 22.3 Å². The highest BCUT2D eigenvalue weighted by Gasteiger charge is 2.36. The molecule has 1 unspecified atom stereocenters. The molecule has 0 bridgehead atoms. The number of rotatable bonds is 5. The van der Waals surface area contributed by atoms with E-state index < -0.39 is 0 Å². The van der Waals surface area contributed by atoms with Crippen molar-refractivity contribution in [3.63, 3.8) is 0 Å². The van der Waals surface area contributed by atoms with Crippen molar-refractivity contribution in [3.8, 4) is 11.4 Å². The van der Waals surface area contributed by atoms with Crippen LogP contribution in [0.4, 0.5) is 0 Å². The lowest BCUT2D eigenvalue weighted by Gasteiger charge is -2.29. The number of allylic oxidation sites excluding steroid dienone is 3. The van der Waals surface area contributed by atoms with Crippen LogP contribution in [0.25, 0.3) is 17.0 Å². The van der Waals surface area contributed by atoms with Gasteiger partial charge in [-0.05, 0) is 43.7 Å². The number of nitrogens with two attached hydrogens (primary N) is 1. The lowest BCUT2D eigenvalue weighted by atomic mass is 9.88. The van der Waals surface area contributed by atoms with Gasteiger partial charge in [0, 0.05) is 20.4 Å². The first-order chi connectivity index (χ1) is 16.5. The molecule has 5 nitrogen and oxygen atoms in total. The van der Waals surface area contributed by atoms with Crippen LogP contribution in [-0.2, 0) is 4.74 Å². The third kappa shape index (κ3) is 4.47. The Balaban J connectivity index is 1.61. The number of hydrogen-bond donors (Lipinski definition) is 1. The van der Waals surface area contributed by atoms with Gasteiger partial charge in [-0.3, -0.25) is 0 Å². The summed E-state index contributed by atoms with van der Waals surface area (Å²) in [6, 6.07) is 25.8. The molecule has 0 saturated heterocycles. The number of nitrogens with zero attached hydrogens (tertiary/aromatic N) is 2. The molecular formula is C27H22ClN3O2S. The first-order valence-corrected chi connectivity index (χ1v) is 12.0. The Bertz CT molecular complexity index is 1380. The molecule has 0 amide bonds. The molecule has 3 aromatic carbocycles. The number of thioether (sulfide) groups is 1. The molecule has 5 rings (SSSR count). The number of aryl methyl sites for hydroxylation is 1. The fourth-order valence-electron chi connectivity index (χ4n) is 3.85. The van der Waals surface area contributed by atoms with Gasteiger partial charge in [0.1, 0.15) is 5.76 Å². The van der Waals surface area contributed by atoms with Crippen molar-refractivity contribution in [1.29, 1.82) is 0 Å². The first-order valence-electron chi connectivity index (χ1n) is 10.8. The monoisotopic (exact) mass is 487 g/mol. The molecule has 34 heavy (non-hydrogen) atoms. The molecule has 0 spiro atoms. The summed E-state index contributed by atoms with van der Waals surface area (Å²) < 4.78 is 11.7. The average Bonchev–Trinajstić information content (AvgIpc) is 3.33. The summed E-state index contributed by atoms with van der Waals surface area (Å²) in [7, 11) is 0. The lowest BCUT2D eigenvalue weighted by molar-refractivity contribution is 0.289. The zero-order valence-corrected chi connectivity index (χ0v) is 20.2. The van der Waals surface area contributed by atoms with Gasteiger partial charge >= 0.3 is 0 Å². The highest BCUT2D eigenvalue weighted by Crippen LogP contribution is 2.50. The fraction of sp³-hybridized carbons (Fsp3) is 0.111. The Labute approximate surface area is 207 Å². The van der Waals surface area contributed by atoms with E-state index in [9.17, 15) is 0 Å². The van der Waals surface area contributed by atoms with Crippen LogP contribution in [0.2, 0.25) is 5.02 Å². The fourth-order valence-corrected chi connectivity index (χ4v) is 5.06. The number of hydrogen-bond acceptors (Lipinski definition) is 6. The summed E-state index contributed by atoms with van der Waals surface area (Å²) >= 11 is 7.71. The molecular weight excluding hydrogens is 466 g/mol. The van der Waals surface area contributed by atoms with Crippen LogP contribution >= 0.6 is 23.4 Å².